The highest BCUT2D eigenvalue weighted by Crippen LogP contribution is 2.24. The molecule has 1 fully saturated rings. The van der Waals surface area contributed by atoms with E-state index in [-0.39, 0.29) is 18.2 Å². The largest absolute Gasteiger partial charge is 0.451 e. The molecule has 3 aromatic rings. The zero-order valence-corrected chi connectivity index (χ0v) is 18.5. The first kappa shape index (κ1) is 21.1. The van der Waals surface area contributed by atoms with E-state index in [1.807, 2.05) is 54.6 Å². The number of benzene rings is 2. The Balaban J connectivity index is 1.24. The lowest BCUT2D eigenvalue weighted by molar-refractivity contribution is -0.135. The van der Waals surface area contributed by atoms with Crippen LogP contribution in [0.1, 0.15) is 23.3 Å². The van der Waals surface area contributed by atoms with Crippen LogP contribution in [0.15, 0.2) is 65.1 Å². The number of nitrogens with zero attached hydrogens (tertiary/aromatic N) is 2. The zero-order chi connectivity index (χ0) is 21.6. The summed E-state index contributed by atoms with van der Waals surface area (Å²) >= 11 is 3.54. The SMILES string of the molecule is O=C(OCC(=O)N1CCC(Nc2ccccc2Br)CC1)c1cc(-c2ccccc2)n[nH]1. The van der Waals surface area contributed by atoms with Gasteiger partial charge < -0.3 is 15.0 Å². The highest BCUT2D eigenvalue weighted by Gasteiger charge is 2.24. The summed E-state index contributed by atoms with van der Waals surface area (Å²) in [4.78, 5) is 26.5. The molecule has 2 N–H and O–H groups in total. The molecular formula is C23H23BrN4O3. The van der Waals surface area contributed by atoms with Gasteiger partial charge in [-0.2, -0.15) is 5.10 Å². The Morgan fingerprint density at radius 2 is 1.81 bits per heavy atom. The van der Waals surface area contributed by atoms with Crippen LogP contribution in [0.25, 0.3) is 11.3 Å². The molecule has 0 radical (unpaired) electrons. The van der Waals surface area contributed by atoms with Crippen LogP contribution in [0.4, 0.5) is 5.69 Å². The average Bonchev–Trinajstić information content (AvgIpc) is 3.30. The first-order valence-corrected chi connectivity index (χ1v) is 11.0. The number of piperidine rings is 1. The number of amides is 1. The number of halogens is 1. The third-order valence-corrected chi connectivity index (χ3v) is 5.97. The van der Waals surface area contributed by atoms with Gasteiger partial charge >= 0.3 is 5.97 Å². The van der Waals surface area contributed by atoms with Crippen molar-refractivity contribution >= 4 is 33.5 Å². The van der Waals surface area contributed by atoms with Crippen LogP contribution in [-0.4, -0.2) is 52.7 Å². The van der Waals surface area contributed by atoms with E-state index >= 15 is 0 Å². The smallest absolute Gasteiger partial charge is 0.356 e. The molecule has 4 rings (SSSR count). The van der Waals surface area contributed by atoms with Crippen molar-refractivity contribution in [3.8, 4) is 11.3 Å². The van der Waals surface area contributed by atoms with Crippen LogP contribution in [0.2, 0.25) is 0 Å². The number of rotatable bonds is 6. The molecule has 1 saturated heterocycles. The first-order chi connectivity index (χ1) is 15.1. The van der Waals surface area contributed by atoms with Crippen molar-refractivity contribution in [3.63, 3.8) is 0 Å². The highest BCUT2D eigenvalue weighted by molar-refractivity contribution is 9.10. The number of H-pyrrole nitrogens is 1. The topological polar surface area (TPSA) is 87.3 Å². The van der Waals surface area contributed by atoms with Gasteiger partial charge in [-0.1, -0.05) is 42.5 Å². The summed E-state index contributed by atoms with van der Waals surface area (Å²) in [6.45, 7) is 0.974. The summed E-state index contributed by atoms with van der Waals surface area (Å²) in [5.41, 5.74) is 2.82. The Labute approximate surface area is 188 Å². The fraction of sp³-hybridized carbons (Fsp3) is 0.261. The van der Waals surface area contributed by atoms with Crippen molar-refractivity contribution in [1.82, 2.24) is 15.1 Å². The summed E-state index contributed by atoms with van der Waals surface area (Å²) in [7, 11) is 0. The van der Waals surface area contributed by atoms with Crippen molar-refractivity contribution < 1.29 is 14.3 Å². The number of hydrogen-bond donors (Lipinski definition) is 2. The third-order valence-electron chi connectivity index (χ3n) is 5.28. The van der Waals surface area contributed by atoms with E-state index in [2.05, 4.69) is 31.4 Å². The van der Waals surface area contributed by atoms with Gasteiger partial charge in [-0.05, 0) is 47.0 Å². The molecule has 160 valence electrons. The number of ether oxygens (including phenoxy) is 1. The summed E-state index contributed by atoms with van der Waals surface area (Å²) in [5.74, 6) is -0.774. The molecule has 1 aliphatic heterocycles. The second-order valence-corrected chi connectivity index (χ2v) is 8.24. The molecule has 0 bridgehead atoms. The van der Waals surface area contributed by atoms with Crippen molar-refractivity contribution in [3.05, 3.63) is 70.8 Å². The van der Waals surface area contributed by atoms with Crippen LogP contribution >= 0.6 is 15.9 Å². The van der Waals surface area contributed by atoms with E-state index in [0.29, 0.717) is 24.8 Å². The van der Waals surface area contributed by atoms with Crippen LogP contribution in [0.3, 0.4) is 0 Å². The fourth-order valence-corrected chi connectivity index (χ4v) is 3.95. The quantitative estimate of drug-likeness (QED) is 0.516. The molecule has 31 heavy (non-hydrogen) atoms. The molecule has 1 aliphatic rings. The van der Waals surface area contributed by atoms with Crippen LogP contribution in [-0.2, 0) is 9.53 Å². The Morgan fingerprint density at radius 3 is 2.55 bits per heavy atom. The normalized spacial score (nSPS) is 14.3. The molecular weight excluding hydrogens is 460 g/mol. The zero-order valence-electron chi connectivity index (χ0n) is 16.9. The molecule has 8 heteroatoms. The molecule has 2 heterocycles. The second kappa shape index (κ2) is 9.78. The molecule has 2 aromatic carbocycles. The van der Waals surface area contributed by atoms with E-state index in [1.165, 1.54) is 0 Å². The van der Waals surface area contributed by atoms with E-state index in [1.54, 1.807) is 11.0 Å². The molecule has 0 saturated carbocycles. The average molecular weight is 483 g/mol. The number of carbonyl (C=O) groups is 2. The van der Waals surface area contributed by atoms with Crippen molar-refractivity contribution in [1.29, 1.82) is 0 Å². The number of aromatic amines is 1. The predicted octanol–water partition coefficient (Wildman–Crippen LogP) is 4.10. The molecule has 0 unspecified atom stereocenters. The molecule has 1 amide bonds. The van der Waals surface area contributed by atoms with Gasteiger partial charge in [0.2, 0.25) is 0 Å². The first-order valence-electron chi connectivity index (χ1n) is 10.2. The number of anilines is 1. The third kappa shape index (κ3) is 5.32. The molecule has 0 aliphatic carbocycles. The Hall–Kier alpha value is -3.13. The van der Waals surface area contributed by atoms with E-state index < -0.39 is 5.97 Å². The van der Waals surface area contributed by atoms with E-state index in [4.69, 9.17) is 4.74 Å². The molecule has 0 spiro atoms. The fourth-order valence-electron chi connectivity index (χ4n) is 3.55. The summed E-state index contributed by atoms with van der Waals surface area (Å²) in [6.07, 6.45) is 1.67. The minimum absolute atomic E-state index is 0.185. The van der Waals surface area contributed by atoms with Crippen LogP contribution in [0, 0.1) is 0 Å². The van der Waals surface area contributed by atoms with Gasteiger partial charge in [0.25, 0.3) is 5.91 Å². The van der Waals surface area contributed by atoms with Gasteiger partial charge in [-0.3, -0.25) is 9.89 Å². The highest BCUT2D eigenvalue weighted by atomic mass is 79.9. The van der Waals surface area contributed by atoms with Gasteiger partial charge in [0.05, 0.1) is 5.69 Å². The van der Waals surface area contributed by atoms with Crippen molar-refractivity contribution in [2.45, 2.75) is 18.9 Å². The number of esters is 1. The number of aromatic nitrogens is 2. The maximum atomic E-state index is 12.5. The Kier molecular flexibility index (Phi) is 6.66. The molecule has 0 atom stereocenters. The lowest BCUT2D eigenvalue weighted by atomic mass is 10.0. The number of hydrogen-bond acceptors (Lipinski definition) is 5. The van der Waals surface area contributed by atoms with Crippen LogP contribution < -0.4 is 5.32 Å². The van der Waals surface area contributed by atoms with Crippen molar-refractivity contribution in [2.24, 2.45) is 0 Å². The predicted molar refractivity (Wildman–Crippen MR) is 122 cm³/mol. The van der Waals surface area contributed by atoms with Gasteiger partial charge in [0.15, 0.2) is 6.61 Å². The standard InChI is InChI=1S/C23H23BrN4O3/c24-18-8-4-5-9-19(18)25-17-10-12-28(13-11-17)22(29)15-31-23(30)21-14-20(26-27-21)16-6-2-1-3-7-16/h1-9,14,17,25H,10-13,15H2,(H,26,27). The molecule has 7 nitrogen and oxygen atoms in total. The lowest BCUT2D eigenvalue weighted by Crippen LogP contribution is -2.44. The summed E-state index contributed by atoms with van der Waals surface area (Å²) in [5, 5.41) is 10.3. The number of nitrogens with one attached hydrogen (secondary N) is 2. The van der Waals surface area contributed by atoms with Crippen molar-refractivity contribution in [2.75, 3.05) is 25.0 Å². The Bertz CT molecular complexity index is 1050. The maximum absolute atomic E-state index is 12.5. The van der Waals surface area contributed by atoms with E-state index in [9.17, 15) is 9.59 Å². The summed E-state index contributed by atoms with van der Waals surface area (Å²) < 4.78 is 6.23. The summed E-state index contributed by atoms with van der Waals surface area (Å²) in [6, 6.07) is 19.4. The number of likely N-dealkylation sites (tertiary alicyclic amines) is 1. The minimum atomic E-state index is -0.589. The van der Waals surface area contributed by atoms with Crippen LogP contribution in [0.5, 0.6) is 0 Å². The van der Waals surface area contributed by atoms with Gasteiger partial charge in [0, 0.05) is 34.9 Å². The van der Waals surface area contributed by atoms with Gasteiger partial charge in [-0.25, -0.2) is 4.79 Å². The maximum Gasteiger partial charge on any atom is 0.356 e. The molecule has 1 aromatic heterocycles. The monoisotopic (exact) mass is 482 g/mol. The number of para-hydroxylation sites is 1. The number of carbonyl (C=O) groups excluding carboxylic acids is 2. The van der Waals surface area contributed by atoms with E-state index in [0.717, 1.165) is 28.6 Å². The second-order valence-electron chi connectivity index (χ2n) is 7.39. The minimum Gasteiger partial charge on any atom is -0.451 e. The van der Waals surface area contributed by atoms with Gasteiger partial charge in [-0.15, -0.1) is 0 Å². The lowest BCUT2D eigenvalue weighted by Gasteiger charge is -2.33. The Morgan fingerprint density at radius 1 is 1.10 bits per heavy atom. The van der Waals surface area contributed by atoms with Gasteiger partial charge in [0.1, 0.15) is 5.69 Å².